The summed E-state index contributed by atoms with van der Waals surface area (Å²) in [7, 11) is -2.51. The van der Waals surface area contributed by atoms with Gasteiger partial charge in [0.25, 0.3) is 10.0 Å². The summed E-state index contributed by atoms with van der Waals surface area (Å²) in [6.07, 6.45) is 2.39. The van der Waals surface area contributed by atoms with E-state index in [0.717, 1.165) is 6.42 Å². The van der Waals surface area contributed by atoms with Crippen LogP contribution in [0.1, 0.15) is 25.7 Å². The van der Waals surface area contributed by atoms with Gasteiger partial charge in [-0.15, -0.1) is 0 Å². The van der Waals surface area contributed by atoms with E-state index in [-0.39, 0.29) is 10.9 Å². The average molecular weight is 328 g/mol. The molecule has 7 nitrogen and oxygen atoms in total. The molecule has 122 valence electrons. The van der Waals surface area contributed by atoms with Crippen LogP contribution >= 0.6 is 0 Å². The van der Waals surface area contributed by atoms with Crippen LogP contribution in [-0.4, -0.2) is 34.1 Å². The number of amides is 2. The predicted molar refractivity (Wildman–Crippen MR) is 80.6 cm³/mol. The van der Waals surface area contributed by atoms with Gasteiger partial charge in [0.05, 0.1) is 12.0 Å². The van der Waals surface area contributed by atoms with Gasteiger partial charge in [-0.3, -0.25) is 4.79 Å². The van der Waals surface area contributed by atoms with Gasteiger partial charge in [-0.25, -0.2) is 17.9 Å². The van der Waals surface area contributed by atoms with Crippen molar-refractivity contribution in [2.24, 2.45) is 0 Å². The van der Waals surface area contributed by atoms with E-state index in [9.17, 15) is 18.0 Å². The minimum Gasteiger partial charge on any atom is -0.469 e. The van der Waals surface area contributed by atoms with Crippen molar-refractivity contribution >= 4 is 22.0 Å². The van der Waals surface area contributed by atoms with Crippen molar-refractivity contribution in [2.45, 2.75) is 30.6 Å². The number of carbonyl (C=O) groups is 2. The van der Waals surface area contributed by atoms with Gasteiger partial charge >= 0.3 is 12.0 Å². The number of hydrogen-bond acceptors (Lipinski definition) is 5. The van der Waals surface area contributed by atoms with Crippen molar-refractivity contribution in [1.82, 2.24) is 10.0 Å². The zero-order chi connectivity index (χ0) is 16.4. The van der Waals surface area contributed by atoms with E-state index in [4.69, 9.17) is 0 Å². The summed E-state index contributed by atoms with van der Waals surface area (Å²) in [5, 5.41) is 2.47. The number of ether oxygens (including phenoxy) is 1. The fraction of sp³-hybridized carbons (Fsp3) is 0.429. The molecule has 0 bridgehead atoms. The summed E-state index contributed by atoms with van der Waals surface area (Å²) in [6, 6.07) is 6.89. The molecule has 0 aromatic heterocycles. The molecular weight excluding hydrogens is 308 g/mol. The summed E-state index contributed by atoms with van der Waals surface area (Å²) in [5.41, 5.74) is 0. The molecule has 0 unspecified atom stereocenters. The highest BCUT2D eigenvalue weighted by Gasteiger charge is 2.16. The first-order chi connectivity index (χ1) is 10.5. The van der Waals surface area contributed by atoms with E-state index < -0.39 is 16.1 Å². The third kappa shape index (κ3) is 6.57. The van der Waals surface area contributed by atoms with E-state index in [0.29, 0.717) is 25.8 Å². The number of nitrogens with one attached hydrogen (secondary N) is 2. The first-order valence-electron chi connectivity index (χ1n) is 6.88. The lowest BCUT2D eigenvalue weighted by Crippen LogP contribution is -2.39. The van der Waals surface area contributed by atoms with Gasteiger partial charge in [0.15, 0.2) is 0 Å². The molecule has 0 saturated heterocycles. The standard InChI is InChI=1S/C14H20N2O5S/c1-21-13(17)10-6-3-7-11-15-14(18)16-22(19,20)12-8-4-2-5-9-12/h2,4-5,8-9H,3,6-7,10-11H2,1H3,(H2,15,16,18). The number of benzene rings is 1. The Morgan fingerprint density at radius 2 is 1.77 bits per heavy atom. The average Bonchev–Trinajstić information content (AvgIpc) is 2.50. The Hall–Kier alpha value is -2.09. The van der Waals surface area contributed by atoms with Gasteiger partial charge in [-0.05, 0) is 25.0 Å². The van der Waals surface area contributed by atoms with Crippen LogP contribution < -0.4 is 10.0 Å². The van der Waals surface area contributed by atoms with Crippen LogP contribution in [0.3, 0.4) is 0 Å². The Bertz CT molecular complexity index is 587. The van der Waals surface area contributed by atoms with Crippen molar-refractivity contribution in [3.05, 3.63) is 30.3 Å². The zero-order valence-corrected chi connectivity index (χ0v) is 13.2. The molecule has 0 aliphatic heterocycles. The van der Waals surface area contributed by atoms with Crippen LogP contribution in [0.4, 0.5) is 4.79 Å². The Kier molecular flexibility index (Phi) is 7.38. The number of rotatable bonds is 8. The number of hydrogen-bond donors (Lipinski definition) is 2. The normalized spacial score (nSPS) is 10.8. The molecule has 0 spiro atoms. The molecule has 1 aromatic carbocycles. The van der Waals surface area contributed by atoms with Crippen molar-refractivity contribution in [2.75, 3.05) is 13.7 Å². The van der Waals surface area contributed by atoms with Crippen molar-refractivity contribution in [1.29, 1.82) is 0 Å². The monoisotopic (exact) mass is 328 g/mol. The fourth-order valence-electron chi connectivity index (χ4n) is 1.69. The Morgan fingerprint density at radius 1 is 1.09 bits per heavy atom. The van der Waals surface area contributed by atoms with Crippen molar-refractivity contribution < 1.29 is 22.7 Å². The van der Waals surface area contributed by atoms with Crippen LogP contribution in [0.15, 0.2) is 35.2 Å². The van der Waals surface area contributed by atoms with E-state index in [1.807, 2.05) is 4.72 Å². The lowest BCUT2D eigenvalue weighted by atomic mass is 10.2. The van der Waals surface area contributed by atoms with Crippen LogP contribution in [-0.2, 0) is 19.6 Å². The number of urea groups is 1. The van der Waals surface area contributed by atoms with Gasteiger partial charge in [-0.1, -0.05) is 24.6 Å². The first-order valence-corrected chi connectivity index (χ1v) is 8.36. The van der Waals surface area contributed by atoms with Gasteiger partial charge in [0.1, 0.15) is 0 Å². The maximum atomic E-state index is 11.9. The molecule has 1 aromatic rings. The molecule has 0 radical (unpaired) electrons. The highest BCUT2D eigenvalue weighted by atomic mass is 32.2. The Balaban J connectivity index is 2.25. The molecule has 0 atom stereocenters. The molecular formula is C14H20N2O5S. The topological polar surface area (TPSA) is 102 Å². The molecule has 8 heteroatoms. The van der Waals surface area contributed by atoms with Crippen LogP contribution in [0.5, 0.6) is 0 Å². The Labute approximate surface area is 130 Å². The van der Waals surface area contributed by atoms with Crippen molar-refractivity contribution in [3.63, 3.8) is 0 Å². The van der Waals surface area contributed by atoms with E-state index in [1.54, 1.807) is 18.2 Å². The quantitative estimate of drug-likeness (QED) is 0.555. The lowest BCUT2D eigenvalue weighted by Gasteiger charge is -2.08. The van der Waals surface area contributed by atoms with E-state index in [2.05, 4.69) is 10.1 Å². The minimum absolute atomic E-state index is 0.0308. The SMILES string of the molecule is COC(=O)CCCCCNC(=O)NS(=O)(=O)c1ccccc1. The number of esters is 1. The molecule has 0 heterocycles. The second-order valence-corrected chi connectivity index (χ2v) is 6.24. The van der Waals surface area contributed by atoms with Gasteiger partial charge in [0.2, 0.25) is 0 Å². The zero-order valence-electron chi connectivity index (χ0n) is 12.4. The summed E-state index contributed by atoms with van der Waals surface area (Å²) < 4.78 is 30.2. The maximum absolute atomic E-state index is 11.9. The van der Waals surface area contributed by atoms with Gasteiger partial charge < -0.3 is 10.1 Å². The summed E-state index contributed by atoms with van der Waals surface area (Å²) in [6.45, 7) is 0.331. The van der Waals surface area contributed by atoms with Crippen LogP contribution in [0.25, 0.3) is 0 Å². The second kappa shape index (κ2) is 9.04. The number of methoxy groups -OCH3 is 1. The summed E-state index contributed by atoms with van der Waals surface area (Å²) >= 11 is 0. The van der Waals surface area contributed by atoms with Gasteiger partial charge in [-0.2, -0.15) is 0 Å². The number of carbonyl (C=O) groups excluding carboxylic acids is 2. The Morgan fingerprint density at radius 3 is 2.41 bits per heavy atom. The number of sulfonamides is 1. The molecule has 1 rings (SSSR count). The van der Waals surface area contributed by atoms with E-state index >= 15 is 0 Å². The third-order valence-electron chi connectivity index (χ3n) is 2.85. The molecule has 0 aliphatic carbocycles. The molecule has 0 fully saturated rings. The molecule has 0 saturated carbocycles. The molecule has 22 heavy (non-hydrogen) atoms. The summed E-state index contributed by atoms with van der Waals surface area (Å²) in [4.78, 5) is 22.4. The smallest absolute Gasteiger partial charge is 0.328 e. The molecule has 2 amide bonds. The number of unbranched alkanes of at least 4 members (excludes halogenated alkanes) is 2. The highest BCUT2D eigenvalue weighted by Crippen LogP contribution is 2.06. The summed E-state index contributed by atoms with van der Waals surface area (Å²) in [5.74, 6) is -0.264. The maximum Gasteiger partial charge on any atom is 0.328 e. The van der Waals surface area contributed by atoms with Gasteiger partial charge in [0, 0.05) is 13.0 Å². The lowest BCUT2D eigenvalue weighted by molar-refractivity contribution is -0.140. The molecule has 2 N–H and O–H groups in total. The first kappa shape index (κ1) is 18.0. The van der Waals surface area contributed by atoms with Crippen molar-refractivity contribution in [3.8, 4) is 0 Å². The van der Waals surface area contributed by atoms with Crippen LogP contribution in [0.2, 0.25) is 0 Å². The molecule has 0 aliphatic rings. The highest BCUT2D eigenvalue weighted by molar-refractivity contribution is 7.90. The second-order valence-electron chi connectivity index (χ2n) is 4.56. The van der Waals surface area contributed by atoms with E-state index in [1.165, 1.54) is 19.2 Å². The van der Waals surface area contributed by atoms with Crippen LogP contribution in [0, 0.1) is 0 Å². The predicted octanol–water partition coefficient (Wildman–Crippen LogP) is 1.41. The third-order valence-corrected chi connectivity index (χ3v) is 4.20. The largest absolute Gasteiger partial charge is 0.469 e. The minimum atomic E-state index is -3.84. The fourth-order valence-corrected chi connectivity index (χ4v) is 2.64.